The van der Waals surface area contributed by atoms with Crippen molar-refractivity contribution in [1.82, 2.24) is 10.2 Å². The summed E-state index contributed by atoms with van der Waals surface area (Å²) >= 11 is 0. The van der Waals surface area contributed by atoms with Gasteiger partial charge in [0.1, 0.15) is 5.82 Å². The molecule has 0 bridgehead atoms. The minimum atomic E-state index is -0.168. The van der Waals surface area contributed by atoms with Crippen molar-refractivity contribution in [3.63, 3.8) is 0 Å². The van der Waals surface area contributed by atoms with E-state index in [9.17, 15) is 4.39 Å². The standard InChI is InChI=1S/C22H29FN4O2/c1-24-22(25-11-10-17-8-9-20(28-2)21(16-17)29-3)27-14-12-26(13-15-27)19-7-5-4-6-18(19)23/h4-9,16H,10-15H2,1-3H3,(H,24,25). The van der Waals surface area contributed by atoms with Crippen LogP contribution in [0.4, 0.5) is 10.1 Å². The quantitative estimate of drug-likeness (QED) is 0.597. The van der Waals surface area contributed by atoms with Crippen LogP contribution in [0.15, 0.2) is 47.5 Å². The van der Waals surface area contributed by atoms with Crippen LogP contribution in [0.2, 0.25) is 0 Å². The van der Waals surface area contributed by atoms with Gasteiger partial charge in [-0.05, 0) is 36.2 Å². The van der Waals surface area contributed by atoms with Crippen LogP contribution in [0, 0.1) is 5.82 Å². The summed E-state index contributed by atoms with van der Waals surface area (Å²) in [6, 6.07) is 12.9. The van der Waals surface area contributed by atoms with Crippen LogP contribution in [-0.4, -0.2) is 64.9 Å². The smallest absolute Gasteiger partial charge is 0.193 e. The number of hydrogen-bond donors (Lipinski definition) is 1. The summed E-state index contributed by atoms with van der Waals surface area (Å²) in [6.07, 6.45) is 0.842. The highest BCUT2D eigenvalue weighted by Crippen LogP contribution is 2.27. The highest BCUT2D eigenvalue weighted by atomic mass is 19.1. The van der Waals surface area contributed by atoms with Gasteiger partial charge in [0.25, 0.3) is 0 Å². The zero-order valence-corrected chi connectivity index (χ0v) is 17.3. The van der Waals surface area contributed by atoms with E-state index in [0.29, 0.717) is 5.69 Å². The Balaban J connectivity index is 1.51. The maximum atomic E-state index is 14.0. The van der Waals surface area contributed by atoms with Gasteiger partial charge in [-0.15, -0.1) is 0 Å². The summed E-state index contributed by atoms with van der Waals surface area (Å²) < 4.78 is 24.7. The molecule has 0 aromatic heterocycles. The molecule has 1 heterocycles. The number of para-hydroxylation sites is 1. The summed E-state index contributed by atoms with van der Waals surface area (Å²) in [6.45, 7) is 3.87. The lowest BCUT2D eigenvalue weighted by Gasteiger charge is -2.37. The maximum Gasteiger partial charge on any atom is 0.193 e. The summed E-state index contributed by atoms with van der Waals surface area (Å²) in [5.74, 6) is 2.17. The second-order valence-corrected chi connectivity index (χ2v) is 6.84. The van der Waals surface area contributed by atoms with Crippen molar-refractivity contribution in [2.45, 2.75) is 6.42 Å². The first-order chi connectivity index (χ1) is 14.2. The lowest BCUT2D eigenvalue weighted by Crippen LogP contribution is -2.53. The molecule has 2 aromatic rings. The van der Waals surface area contributed by atoms with Crippen molar-refractivity contribution >= 4 is 11.6 Å². The van der Waals surface area contributed by atoms with Gasteiger partial charge in [-0.2, -0.15) is 0 Å². The molecule has 1 saturated heterocycles. The SMILES string of the molecule is CN=C(NCCc1ccc(OC)c(OC)c1)N1CCN(c2ccccc2F)CC1. The number of anilines is 1. The fourth-order valence-electron chi connectivity index (χ4n) is 3.55. The molecule has 156 valence electrons. The fraction of sp³-hybridized carbons (Fsp3) is 0.409. The molecule has 2 aromatic carbocycles. The van der Waals surface area contributed by atoms with E-state index >= 15 is 0 Å². The Morgan fingerprint density at radius 2 is 1.76 bits per heavy atom. The van der Waals surface area contributed by atoms with Crippen LogP contribution in [0.3, 0.4) is 0 Å². The van der Waals surface area contributed by atoms with E-state index in [4.69, 9.17) is 9.47 Å². The Bertz CT molecular complexity index is 835. The van der Waals surface area contributed by atoms with Gasteiger partial charge < -0.3 is 24.6 Å². The number of nitrogens with zero attached hydrogens (tertiary/aromatic N) is 3. The van der Waals surface area contributed by atoms with E-state index in [1.54, 1.807) is 27.3 Å². The maximum absolute atomic E-state index is 14.0. The molecule has 3 rings (SSSR count). The van der Waals surface area contributed by atoms with Gasteiger partial charge in [0.2, 0.25) is 0 Å². The van der Waals surface area contributed by atoms with Crippen LogP contribution in [-0.2, 0) is 6.42 Å². The first kappa shape index (κ1) is 20.8. The zero-order valence-electron chi connectivity index (χ0n) is 17.3. The molecule has 0 aliphatic carbocycles. The number of guanidine groups is 1. The fourth-order valence-corrected chi connectivity index (χ4v) is 3.55. The van der Waals surface area contributed by atoms with E-state index in [0.717, 1.165) is 62.2 Å². The minimum Gasteiger partial charge on any atom is -0.493 e. The molecule has 0 spiro atoms. The van der Waals surface area contributed by atoms with Crippen LogP contribution in [0.1, 0.15) is 5.56 Å². The van der Waals surface area contributed by atoms with Crippen molar-refractivity contribution in [3.8, 4) is 11.5 Å². The topological polar surface area (TPSA) is 49.3 Å². The number of nitrogens with one attached hydrogen (secondary N) is 1. The number of methoxy groups -OCH3 is 2. The number of hydrogen-bond acceptors (Lipinski definition) is 4. The Kier molecular flexibility index (Phi) is 7.16. The number of ether oxygens (including phenoxy) is 2. The number of halogens is 1. The Morgan fingerprint density at radius 1 is 1.03 bits per heavy atom. The van der Waals surface area contributed by atoms with Gasteiger partial charge in [0.05, 0.1) is 19.9 Å². The van der Waals surface area contributed by atoms with E-state index in [1.807, 2.05) is 30.3 Å². The molecule has 0 radical (unpaired) electrons. The summed E-state index contributed by atoms with van der Waals surface area (Å²) in [5.41, 5.74) is 1.83. The lowest BCUT2D eigenvalue weighted by atomic mass is 10.1. The van der Waals surface area contributed by atoms with Crippen molar-refractivity contribution in [2.75, 3.05) is 58.9 Å². The Morgan fingerprint density at radius 3 is 2.41 bits per heavy atom. The molecule has 0 saturated carbocycles. The number of rotatable bonds is 6. The highest BCUT2D eigenvalue weighted by molar-refractivity contribution is 5.80. The third-order valence-electron chi connectivity index (χ3n) is 5.13. The highest BCUT2D eigenvalue weighted by Gasteiger charge is 2.21. The minimum absolute atomic E-state index is 0.168. The van der Waals surface area contributed by atoms with Crippen LogP contribution >= 0.6 is 0 Å². The monoisotopic (exact) mass is 400 g/mol. The predicted octanol–water partition coefficient (Wildman–Crippen LogP) is 2.78. The van der Waals surface area contributed by atoms with Crippen LogP contribution in [0.25, 0.3) is 0 Å². The van der Waals surface area contributed by atoms with Gasteiger partial charge >= 0.3 is 0 Å². The Hall–Kier alpha value is -2.96. The second-order valence-electron chi connectivity index (χ2n) is 6.84. The number of benzene rings is 2. The molecule has 7 heteroatoms. The van der Waals surface area contributed by atoms with Crippen LogP contribution < -0.4 is 19.7 Å². The first-order valence-corrected chi connectivity index (χ1v) is 9.82. The van der Waals surface area contributed by atoms with Gasteiger partial charge in [-0.25, -0.2) is 4.39 Å². The molecule has 1 fully saturated rings. The number of aliphatic imine (C=N–C) groups is 1. The van der Waals surface area contributed by atoms with Crippen LogP contribution in [0.5, 0.6) is 11.5 Å². The van der Waals surface area contributed by atoms with Gasteiger partial charge in [-0.3, -0.25) is 4.99 Å². The van der Waals surface area contributed by atoms with E-state index in [1.165, 1.54) is 6.07 Å². The van der Waals surface area contributed by atoms with Crippen molar-refractivity contribution in [1.29, 1.82) is 0 Å². The summed E-state index contributed by atoms with van der Waals surface area (Å²) in [7, 11) is 5.07. The molecule has 1 aliphatic rings. The molecule has 1 N–H and O–H groups in total. The molecule has 6 nitrogen and oxygen atoms in total. The second kappa shape index (κ2) is 10.0. The normalized spacial score (nSPS) is 14.7. The Labute approximate surface area is 171 Å². The molecule has 29 heavy (non-hydrogen) atoms. The third kappa shape index (κ3) is 5.10. The molecule has 0 atom stereocenters. The number of piperazine rings is 1. The molecule has 0 unspecified atom stereocenters. The lowest BCUT2D eigenvalue weighted by molar-refractivity contribution is 0.354. The average Bonchev–Trinajstić information content (AvgIpc) is 2.77. The predicted molar refractivity (Wildman–Crippen MR) is 115 cm³/mol. The first-order valence-electron chi connectivity index (χ1n) is 9.82. The summed E-state index contributed by atoms with van der Waals surface area (Å²) in [4.78, 5) is 8.71. The van der Waals surface area contributed by atoms with E-state index in [2.05, 4.69) is 20.1 Å². The largest absolute Gasteiger partial charge is 0.493 e. The van der Waals surface area contributed by atoms with Crippen molar-refractivity contribution in [3.05, 3.63) is 53.8 Å². The van der Waals surface area contributed by atoms with E-state index < -0.39 is 0 Å². The third-order valence-corrected chi connectivity index (χ3v) is 5.13. The van der Waals surface area contributed by atoms with Crippen molar-refractivity contribution in [2.24, 2.45) is 4.99 Å². The average molecular weight is 400 g/mol. The van der Waals surface area contributed by atoms with Gasteiger partial charge in [0.15, 0.2) is 17.5 Å². The molecular weight excluding hydrogens is 371 g/mol. The zero-order chi connectivity index (χ0) is 20.6. The van der Waals surface area contributed by atoms with Gasteiger partial charge in [0, 0.05) is 39.8 Å². The molecular formula is C22H29FN4O2. The van der Waals surface area contributed by atoms with Crippen molar-refractivity contribution < 1.29 is 13.9 Å². The summed E-state index contributed by atoms with van der Waals surface area (Å²) in [5, 5.41) is 3.43. The molecule has 1 aliphatic heterocycles. The van der Waals surface area contributed by atoms with E-state index in [-0.39, 0.29) is 5.82 Å². The molecule has 0 amide bonds. The van der Waals surface area contributed by atoms with Gasteiger partial charge in [-0.1, -0.05) is 18.2 Å².